The summed E-state index contributed by atoms with van der Waals surface area (Å²) >= 11 is 0. The highest BCUT2D eigenvalue weighted by atomic mass is 16.5. The number of rotatable bonds is 4. The van der Waals surface area contributed by atoms with Crippen molar-refractivity contribution in [1.29, 1.82) is 0 Å². The fraction of sp³-hybridized carbons (Fsp3) is 0.143. The third-order valence-corrected chi connectivity index (χ3v) is 4.50. The van der Waals surface area contributed by atoms with Crippen LogP contribution in [-0.4, -0.2) is 21.3 Å². The quantitative estimate of drug-likeness (QED) is 0.564. The van der Waals surface area contributed by atoms with Crippen molar-refractivity contribution < 1.29 is 4.74 Å². The minimum Gasteiger partial charge on any atom is -0.497 e. The van der Waals surface area contributed by atoms with E-state index in [9.17, 15) is 4.79 Å². The zero-order valence-electron chi connectivity index (χ0n) is 14.7. The molecule has 0 saturated carbocycles. The Hall–Kier alpha value is -3.34. The van der Waals surface area contributed by atoms with Crippen LogP contribution in [0.5, 0.6) is 5.75 Å². The van der Waals surface area contributed by atoms with Gasteiger partial charge in [-0.2, -0.15) is 5.10 Å². The van der Waals surface area contributed by atoms with Gasteiger partial charge in [-0.15, -0.1) is 0 Å². The van der Waals surface area contributed by atoms with Crippen LogP contribution in [0.15, 0.2) is 71.8 Å². The minimum atomic E-state index is -0.00781. The highest BCUT2D eigenvalue weighted by Crippen LogP contribution is 2.35. The molecule has 5 heteroatoms. The molecule has 0 saturated heterocycles. The van der Waals surface area contributed by atoms with Crippen molar-refractivity contribution in [1.82, 2.24) is 14.2 Å². The Morgan fingerprint density at radius 1 is 1.04 bits per heavy atom. The van der Waals surface area contributed by atoms with E-state index in [1.165, 1.54) is 0 Å². The number of pyridine rings is 2. The standard InChI is InChI=1S/C21H19N3O2/c1-3-23-14-16(9-10-19(23)25)20-18-13-17(26-2)11-12-24(18)22-21(20)15-7-5-4-6-8-15/h4-14H,3H2,1-2H3. The smallest absolute Gasteiger partial charge is 0.250 e. The Morgan fingerprint density at radius 2 is 1.85 bits per heavy atom. The molecule has 0 radical (unpaired) electrons. The second-order valence-corrected chi connectivity index (χ2v) is 6.03. The molecule has 0 N–H and O–H groups in total. The van der Waals surface area contributed by atoms with Crippen LogP contribution in [-0.2, 0) is 6.54 Å². The molecular formula is C21H19N3O2. The zero-order chi connectivity index (χ0) is 18.1. The molecule has 0 fully saturated rings. The Labute approximate surface area is 151 Å². The Balaban J connectivity index is 2.06. The van der Waals surface area contributed by atoms with E-state index in [-0.39, 0.29) is 5.56 Å². The van der Waals surface area contributed by atoms with Crippen LogP contribution >= 0.6 is 0 Å². The monoisotopic (exact) mass is 345 g/mol. The summed E-state index contributed by atoms with van der Waals surface area (Å²) in [6, 6.07) is 17.4. The first-order chi connectivity index (χ1) is 12.7. The molecule has 0 aliphatic carbocycles. The first kappa shape index (κ1) is 16.1. The molecule has 4 aromatic rings. The normalized spacial score (nSPS) is 11.0. The number of fused-ring (bicyclic) bond motifs is 1. The van der Waals surface area contributed by atoms with E-state index in [0.717, 1.165) is 33.7 Å². The van der Waals surface area contributed by atoms with E-state index in [4.69, 9.17) is 9.84 Å². The number of ether oxygens (including phenoxy) is 1. The lowest BCUT2D eigenvalue weighted by molar-refractivity contribution is 0.414. The zero-order valence-corrected chi connectivity index (χ0v) is 14.7. The van der Waals surface area contributed by atoms with Gasteiger partial charge in [0, 0.05) is 47.8 Å². The van der Waals surface area contributed by atoms with Gasteiger partial charge in [0.05, 0.1) is 12.6 Å². The number of aryl methyl sites for hydroxylation is 1. The molecule has 130 valence electrons. The van der Waals surface area contributed by atoms with Gasteiger partial charge < -0.3 is 9.30 Å². The molecule has 0 aliphatic rings. The molecule has 3 heterocycles. The molecule has 5 nitrogen and oxygen atoms in total. The maximum atomic E-state index is 12.0. The van der Waals surface area contributed by atoms with Crippen molar-refractivity contribution in [3.8, 4) is 28.1 Å². The van der Waals surface area contributed by atoms with Crippen molar-refractivity contribution >= 4 is 5.52 Å². The van der Waals surface area contributed by atoms with Gasteiger partial charge in [0.25, 0.3) is 5.56 Å². The molecule has 0 bridgehead atoms. The van der Waals surface area contributed by atoms with Gasteiger partial charge in [0.15, 0.2) is 0 Å². The SMILES string of the molecule is CCn1cc(-c2c(-c3ccccc3)nn3ccc(OC)cc23)ccc1=O. The third-order valence-electron chi connectivity index (χ3n) is 4.50. The van der Waals surface area contributed by atoms with Crippen molar-refractivity contribution in [3.05, 3.63) is 77.3 Å². The highest BCUT2D eigenvalue weighted by molar-refractivity contribution is 5.92. The number of aromatic nitrogens is 3. The lowest BCUT2D eigenvalue weighted by Gasteiger charge is -2.08. The molecule has 26 heavy (non-hydrogen) atoms. The van der Waals surface area contributed by atoms with E-state index in [1.807, 2.05) is 72.4 Å². The van der Waals surface area contributed by atoms with E-state index in [1.54, 1.807) is 17.7 Å². The number of nitrogens with zero attached hydrogens (tertiary/aromatic N) is 3. The summed E-state index contributed by atoms with van der Waals surface area (Å²) in [5.41, 5.74) is 4.77. The van der Waals surface area contributed by atoms with Crippen LogP contribution < -0.4 is 10.3 Å². The predicted octanol–water partition coefficient (Wildman–Crippen LogP) is 3.86. The minimum absolute atomic E-state index is 0.00781. The van der Waals surface area contributed by atoms with Gasteiger partial charge >= 0.3 is 0 Å². The molecular weight excluding hydrogens is 326 g/mol. The lowest BCUT2D eigenvalue weighted by Crippen LogP contribution is -2.17. The summed E-state index contributed by atoms with van der Waals surface area (Å²) in [6.45, 7) is 2.58. The number of benzene rings is 1. The van der Waals surface area contributed by atoms with E-state index in [0.29, 0.717) is 6.54 Å². The van der Waals surface area contributed by atoms with Crippen LogP contribution in [0.4, 0.5) is 0 Å². The fourth-order valence-corrected chi connectivity index (χ4v) is 3.16. The molecule has 0 atom stereocenters. The summed E-state index contributed by atoms with van der Waals surface area (Å²) < 4.78 is 8.95. The summed E-state index contributed by atoms with van der Waals surface area (Å²) in [5.74, 6) is 0.766. The first-order valence-electron chi connectivity index (χ1n) is 8.54. The second kappa shape index (κ2) is 6.52. The van der Waals surface area contributed by atoms with Gasteiger partial charge in [-0.25, -0.2) is 4.52 Å². The van der Waals surface area contributed by atoms with Crippen LogP contribution in [0.25, 0.3) is 27.9 Å². The summed E-state index contributed by atoms with van der Waals surface area (Å²) in [7, 11) is 1.65. The number of hydrogen-bond donors (Lipinski definition) is 0. The fourth-order valence-electron chi connectivity index (χ4n) is 3.16. The number of hydrogen-bond acceptors (Lipinski definition) is 3. The first-order valence-corrected chi connectivity index (χ1v) is 8.54. The highest BCUT2D eigenvalue weighted by Gasteiger charge is 2.17. The molecule has 3 aromatic heterocycles. The molecule has 0 aliphatic heterocycles. The maximum Gasteiger partial charge on any atom is 0.250 e. The van der Waals surface area contributed by atoms with Crippen molar-refractivity contribution in [2.75, 3.05) is 7.11 Å². The van der Waals surface area contributed by atoms with Crippen molar-refractivity contribution in [3.63, 3.8) is 0 Å². The Bertz CT molecular complexity index is 1130. The van der Waals surface area contributed by atoms with Crippen molar-refractivity contribution in [2.45, 2.75) is 13.5 Å². The van der Waals surface area contributed by atoms with Gasteiger partial charge in [-0.3, -0.25) is 4.79 Å². The van der Waals surface area contributed by atoms with E-state index in [2.05, 4.69) is 0 Å². The molecule has 4 rings (SSSR count). The maximum absolute atomic E-state index is 12.0. The van der Waals surface area contributed by atoms with Crippen LogP contribution in [0.2, 0.25) is 0 Å². The molecule has 0 spiro atoms. The summed E-state index contributed by atoms with van der Waals surface area (Å²) in [6.07, 6.45) is 3.78. The molecule has 1 aromatic carbocycles. The summed E-state index contributed by atoms with van der Waals surface area (Å²) in [4.78, 5) is 12.0. The van der Waals surface area contributed by atoms with Gasteiger partial charge in [-0.1, -0.05) is 30.3 Å². The van der Waals surface area contributed by atoms with Gasteiger partial charge in [0.2, 0.25) is 0 Å². The van der Waals surface area contributed by atoms with Crippen LogP contribution in [0.1, 0.15) is 6.92 Å². The van der Waals surface area contributed by atoms with Crippen LogP contribution in [0, 0.1) is 0 Å². The second-order valence-electron chi connectivity index (χ2n) is 6.03. The van der Waals surface area contributed by atoms with Gasteiger partial charge in [-0.05, 0) is 19.1 Å². The third kappa shape index (κ3) is 2.67. The predicted molar refractivity (Wildman–Crippen MR) is 103 cm³/mol. The summed E-state index contributed by atoms with van der Waals surface area (Å²) in [5, 5.41) is 4.79. The number of methoxy groups -OCH3 is 1. The molecule has 0 unspecified atom stereocenters. The largest absolute Gasteiger partial charge is 0.497 e. The Kier molecular flexibility index (Phi) is 4.05. The topological polar surface area (TPSA) is 48.5 Å². The van der Waals surface area contributed by atoms with Gasteiger partial charge in [0.1, 0.15) is 11.4 Å². The van der Waals surface area contributed by atoms with E-state index >= 15 is 0 Å². The average Bonchev–Trinajstić information content (AvgIpc) is 3.07. The molecule has 0 amide bonds. The lowest BCUT2D eigenvalue weighted by atomic mass is 10.0. The average molecular weight is 345 g/mol. The van der Waals surface area contributed by atoms with Crippen molar-refractivity contribution in [2.24, 2.45) is 0 Å². The Morgan fingerprint density at radius 3 is 2.58 bits per heavy atom. The van der Waals surface area contributed by atoms with E-state index < -0.39 is 0 Å². The van der Waals surface area contributed by atoms with Crippen LogP contribution in [0.3, 0.4) is 0 Å².